The summed E-state index contributed by atoms with van der Waals surface area (Å²) in [6, 6.07) is 12.1. The average Bonchev–Trinajstić information content (AvgIpc) is 2.62. The molecule has 3 aromatic rings. The molecule has 4 rings (SSSR count). The summed E-state index contributed by atoms with van der Waals surface area (Å²) in [5.41, 5.74) is 3.18. The van der Waals surface area contributed by atoms with Crippen molar-refractivity contribution in [2.24, 2.45) is 0 Å². The van der Waals surface area contributed by atoms with Crippen molar-refractivity contribution in [3.63, 3.8) is 0 Å². The topological polar surface area (TPSA) is 80.0 Å². The number of aromatic carboxylic acids is 1. The number of carbonyl (C=O) groups is 1. The highest BCUT2D eigenvalue weighted by Crippen LogP contribution is 2.33. The Morgan fingerprint density at radius 3 is 2.69 bits per heavy atom. The minimum atomic E-state index is -0.941. The fraction of sp³-hybridized carbons (Fsp3) is 0.200. The minimum Gasteiger partial charge on any atom is -0.478 e. The predicted octanol–water partition coefficient (Wildman–Crippen LogP) is 3.15. The Morgan fingerprint density at radius 2 is 1.96 bits per heavy atom. The van der Waals surface area contributed by atoms with E-state index in [2.05, 4.69) is 4.90 Å². The van der Waals surface area contributed by atoms with Crippen LogP contribution in [0.3, 0.4) is 0 Å². The van der Waals surface area contributed by atoms with Crippen LogP contribution >= 0.6 is 0 Å². The van der Waals surface area contributed by atoms with Crippen LogP contribution in [0.15, 0.2) is 51.7 Å². The molecule has 0 bridgehead atoms. The van der Waals surface area contributed by atoms with Gasteiger partial charge in [-0.3, -0.25) is 4.90 Å². The second-order valence-electron chi connectivity index (χ2n) is 6.43. The summed E-state index contributed by atoms with van der Waals surface area (Å²) in [5, 5.41) is 9.89. The van der Waals surface area contributed by atoms with E-state index in [1.165, 1.54) is 6.07 Å². The van der Waals surface area contributed by atoms with E-state index in [0.29, 0.717) is 25.4 Å². The maximum Gasteiger partial charge on any atom is 0.336 e. The molecular weight excluding hydrogens is 334 g/mol. The van der Waals surface area contributed by atoms with Gasteiger partial charge in [-0.1, -0.05) is 12.1 Å². The fourth-order valence-corrected chi connectivity index (χ4v) is 3.25. The quantitative estimate of drug-likeness (QED) is 0.730. The summed E-state index contributed by atoms with van der Waals surface area (Å²) < 4.78 is 11.3. The number of carboxylic acid groups (broad SMARTS) is 1. The van der Waals surface area contributed by atoms with E-state index in [4.69, 9.17) is 14.3 Å². The molecule has 0 fully saturated rings. The smallest absolute Gasteiger partial charge is 0.336 e. The van der Waals surface area contributed by atoms with Crippen molar-refractivity contribution in [1.29, 1.82) is 0 Å². The van der Waals surface area contributed by atoms with E-state index in [9.17, 15) is 9.59 Å². The number of nitrogens with zero attached hydrogens (tertiary/aromatic N) is 1. The molecule has 1 aliphatic rings. The third kappa shape index (κ3) is 2.95. The van der Waals surface area contributed by atoms with Crippen LogP contribution < -0.4 is 10.4 Å². The second-order valence-corrected chi connectivity index (χ2v) is 6.43. The van der Waals surface area contributed by atoms with E-state index in [1.54, 1.807) is 24.3 Å². The zero-order chi connectivity index (χ0) is 18.3. The van der Waals surface area contributed by atoms with E-state index >= 15 is 0 Å². The van der Waals surface area contributed by atoms with Gasteiger partial charge in [0.15, 0.2) is 0 Å². The molecule has 6 nitrogen and oxygen atoms in total. The van der Waals surface area contributed by atoms with Crippen LogP contribution in [0.25, 0.3) is 11.0 Å². The van der Waals surface area contributed by atoms with Gasteiger partial charge in [-0.2, -0.15) is 0 Å². The van der Waals surface area contributed by atoms with E-state index < -0.39 is 5.97 Å². The first-order valence-electron chi connectivity index (χ1n) is 8.25. The summed E-state index contributed by atoms with van der Waals surface area (Å²) in [4.78, 5) is 24.8. The summed E-state index contributed by atoms with van der Waals surface area (Å²) in [6.45, 7) is 3.48. The van der Waals surface area contributed by atoms with Crippen molar-refractivity contribution in [3.8, 4) is 5.75 Å². The Kier molecular flexibility index (Phi) is 3.97. The Labute approximate surface area is 149 Å². The van der Waals surface area contributed by atoms with Crippen LogP contribution in [-0.4, -0.2) is 22.7 Å². The van der Waals surface area contributed by atoms with Crippen molar-refractivity contribution in [2.45, 2.75) is 20.0 Å². The third-order valence-corrected chi connectivity index (χ3v) is 4.57. The van der Waals surface area contributed by atoms with Gasteiger partial charge in [0.1, 0.15) is 18.1 Å². The zero-order valence-electron chi connectivity index (χ0n) is 14.2. The number of aryl methyl sites for hydroxylation is 1. The number of hydrogen-bond acceptors (Lipinski definition) is 5. The molecule has 2 aromatic carbocycles. The number of fused-ring (bicyclic) bond motifs is 3. The van der Waals surface area contributed by atoms with Crippen LogP contribution in [0.2, 0.25) is 0 Å². The van der Waals surface area contributed by atoms with Crippen LogP contribution in [0.4, 0.5) is 0 Å². The number of benzene rings is 2. The Bertz CT molecular complexity index is 1050. The van der Waals surface area contributed by atoms with E-state index in [1.807, 2.05) is 19.1 Å². The lowest BCUT2D eigenvalue weighted by Crippen LogP contribution is -2.31. The molecule has 6 heteroatoms. The molecule has 26 heavy (non-hydrogen) atoms. The maximum absolute atomic E-state index is 11.8. The first-order valence-corrected chi connectivity index (χ1v) is 8.25. The van der Waals surface area contributed by atoms with Gasteiger partial charge in [0.05, 0.1) is 11.1 Å². The third-order valence-electron chi connectivity index (χ3n) is 4.57. The molecule has 2 heterocycles. The normalized spacial score (nSPS) is 14.0. The number of hydrogen-bond donors (Lipinski definition) is 1. The zero-order valence-corrected chi connectivity index (χ0v) is 14.2. The predicted molar refractivity (Wildman–Crippen MR) is 95.4 cm³/mol. The maximum atomic E-state index is 11.8. The van der Waals surface area contributed by atoms with Crippen molar-refractivity contribution in [2.75, 3.05) is 6.73 Å². The molecular formula is C20H17NO5. The number of carboxylic acids is 1. The highest BCUT2D eigenvalue weighted by Gasteiger charge is 2.22. The van der Waals surface area contributed by atoms with Gasteiger partial charge in [0.25, 0.3) is 0 Å². The molecule has 132 valence electrons. The monoisotopic (exact) mass is 351 g/mol. The fourth-order valence-electron chi connectivity index (χ4n) is 3.25. The summed E-state index contributed by atoms with van der Waals surface area (Å²) >= 11 is 0. The molecule has 0 radical (unpaired) electrons. The average molecular weight is 351 g/mol. The van der Waals surface area contributed by atoms with Crippen molar-refractivity contribution < 1.29 is 19.1 Å². The van der Waals surface area contributed by atoms with Gasteiger partial charge in [0, 0.05) is 24.5 Å². The van der Waals surface area contributed by atoms with Gasteiger partial charge in [0.2, 0.25) is 0 Å². The van der Waals surface area contributed by atoms with E-state index in [-0.39, 0.29) is 11.2 Å². The molecule has 0 spiro atoms. The minimum absolute atomic E-state index is 0.261. The summed E-state index contributed by atoms with van der Waals surface area (Å²) in [5.74, 6) is -0.215. The second kappa shape index (κ2) is 6.31. The molecule has 1 aromatic heterocycles. The van der Waals surface area contributed by atoms with Crippen LogP contribution in [0, 0.1) is 6.92 Å². The van der Waals surface area contributed by atoms with Gasteiger partial charge in [-0.25, -0.2) is 9.59 Å². The summed E-state index contributed by atoms with van der Waals surface area (Å²) in [7, 11) is 0. The molecule has 0 amide bonds. The standard InChI is InChI=1S/C20H17NO5/c1-12-8-18(22)26-19-15(12)6-7-17-16(19)10-21(11-25-17)9-13-2-4-14(5-3-13)20(23)24/h2-8H,9-11H2,1H3,(H,23,24). The Morgan fingerprint density at radius 1 is 1.19 bits per heavy atom. The first-order chi connectivity index (χ1) is 12.5. The molecule has 0 saturated carbocycles. The molecule has 0 atom stereocenters. The van der Waals surface area contributed by atoms with Gasteiger partial charge in [-0.15, -0.1) is 0 Å². The Hall–Kier alpha value is -3.12. The van der Waals surface area contributed by atoms with Gasteiger partial charge >= 0.3 is 11.6 Å². The molecule has 0 unspecified atom stereocenters. The van der Waals surface area contributed by atoms with Crippen LogP contribution in [0.1, 0.15) is 27.0 Å². The molecule has 1 aliphatic heterocycles. The van der Waals surface area contributed by atoms with Crippen molar-refractivity contribution >= 4 is 16.9 Å². The molecule has 0 aliphatic carbocycles. The lowest BCUT2D eigenvalue weighted by atomic mass is 10.0. The van der Waals surface area contributed by atoms with Crippen molar-refractivity contribution in [1.82, 2.24) is 4.90 Å². The van der Waals surface area contributed by atoms with Crippen molar-refractivity contribution in [3.05, 3.63) is 75.1 Å². The lowest BCUT2D eigenvalue weighted by molar-refractivity contribution is 0.0696. The van der Waals surface area contributed by atoms with E-state index in [0.717, 1.165) is 27.8 Å². The Balaban J connectivity index is 1.63. The number of rotatable bonds is 3. The molecule has 0 saturated heterocycles. The SMILES string of the molecule is Cc1cc(=O)oc2c3c(ccc12)OCN(Cc1ccc(C(=O)O)cc1)C3. The number of ether oxygens (including phenoxy) is 1. The van der Waals surface area contributed by atoms with Crippen LogP contribution in [0.5, 0.6) is 5.75 Å². The highest BCUT2D eigenvalue weighted by molar-refractivity contribution is 5.87. The summed E-state index contributed by atoms with van der Waals surface area (Å²) in [6.07, 6.45) is 0. The highest BCUT2D eigenvalue weighted by atomic mass is 16.5. The lowest BCUT2D eigenvalue weighted by Gasteiger charge is -2.29. The first kappa shape index (κ1) is 16.4. The van der Waals surface area contributed by atoms with Crippen LogP contribution in [-0.2, 0) is 13.1 Å². The largest absolute Gasteiger partial charge is 0.478 e. The molecule has 1 N–H and O–H groups in total. The van der Waals surface area contributed by atoms with Gasteiger partial charge < -0.3 is 14.3 Å². The van der Waals surface area contributed by atoms with Gasteiger partial charge in [-0.05, 0) is 42.3 Å².